The maximum Gasteiger partial charge on any atom is 0.224 e. The molecule has 2 bridgehead atoms. The fourth-order valence-electron chi connectivity index (χ4n) is 6.52. The molecule has 1 amide bonds. The third kappa shape index (κ3) is 4.06. The highest BCUT2D eigenvalue weighted by Crippen LogP contribution is 2.49. The minimum absolute atomic E-state index is 0.104. The van der Waals surface area contributed by atoms with Crippen LogP contribution in [0.5, 0.6) is 0 Å². The molecule has 0 spiro atoms. The lowest BCUT2D eigenvalue weighted by Crippen LogP contribution is -2.52. The molecule has 3 aliphatic carbocycles. The van der Waals surface area contributed by atoms with E-state index in [0.29, 0.717) is 28.9 Å². The zero-order chi connectivity index (χ0) is 20.7. The van der Waals surface area contributed by atoms with Crippen LogP contribution in [0, 0.1) is 23.7 Å². The Bertz CT molecular complexity index is 780. The first-order valence-corrected chi connectivity index (χ1v) is 13.2. The number of aryl methyl sites for hydroxylation is 1. The van der Waals surface area contributed by atoms with E-state index >= 15 is 0 Å². The summed E-state index contributed by atoms with van der Waals surface area (Å²) >= 11 is 8.01. The highest BCUT2D eigenvalue weighted by atomic mass is 35.5. The molecule has 2 heterocycles. The van der Waals surface area contributed by atoms with Crippen LogP contribution in [0.2, 0.25) is 5.28 Å². The van der Waals surface area contributed by atoms with Crippen molar-refractivity contribution in [3.63, 3.8) is 0 Å². The third-order valence-corrected chi connectivity index (χ3v) is 9.29. The molecule has 1 aromatic rings. The van der Waals surface area contributed by atoms with E-state index < -0.39 is 0 Å². The summed E-state index contributed by atoms with van der Waals surface area (Å²) in [7, 11) is 0. The molecule has 0 aromatic carbocycles. The van der Waals surface area contributed by atoms with E-state index in [-0.39, 0.29) is 18.0 Å². The molecule has 2 N–H and O–H groups in total. The molecule has 2 atom stereocenters. The molecule has 3 fully saturated rings. The van der Waals surface area contributed by atoms with Gasteiger partial charge in [-0.2, -0.15) is 4.98 Å². The molecule has 30 heavy (non-hydrogen) atoms. The van der Waals surface area contributed by atoms with E-state index in [1.54, 1.807) is 11.8 Å². The van der Waals surface area contributed by atoms with Crippen LogP contribution < -0.4 is 10.6 Å². The van der Waals surface area contributed by atoms with Crippen molar-refractivity contribution in [3.8, 4) is 0 Å². The zero-order valence-corrected chi connectivity index (χ0v) is 19.4. The van der Waals surface area contributed by atoms with Gasteiger partial charge in [0.25, 0.3) is 0 Å². The number of nitrogens with one attached hydrogen (secondary N) is 2. The number of amides is 1. The molecule has 2 unspecified atom stereocenters. The quantitative estimate of drug-likeness (QED) is 0.594. The Kier molecular flexibility index (Phi) is 6.16. The molecule has 1 aliphatic heterocycles. The van der Waals surface area contributed by atoms with Crippen molar-refractivity contribution in [2.45, 2.75) is 88.1 Å². The molecule has 0 saturated heterocycles. The minimum Gasteiger partial charge on any atom is -0.364 e. The molecule has 1 aromatic heterocycles. The van der Waals surface area contributed by atoms with E-state index in [4.69, 9.17) is 11.6 Å². The van der Waals surface area contributed by atoms with Crippen LogP contribution in [0.25, 0.3) is 0 Å². The number of fused-ring (bicyclic) bond motifs is 3. The van der Waals surface area contributed by atoms with Gasteiger partial charge in [-0.15, -0.1) is 11.8 Å². The molecule has 164 valence electrons. The Morgan fingerprint density at radius 1 is 1.07 bits per heavy atom. The lowest BCUT2D eigenvalue weighted by molar-refractivity contribution is -0.127. The maximum atomic E-state index is 13.4. The zero-order valence-electron chi connectivity index (χ0n) is 17.8. The van der Waals surface area contributed by atoms with Crippen LogP contribution in [-0.2, 0) is 11.2 Å². The summed E-state index contributed by atoms with van der Waals surface area (Å²) in [6.07, 6.45) is 12.2. The van der Waals surface area contributed by atoms with Gasteiger partial charge >= 0.3 is 0 Å². The van der Waals surface area contributed by atoms with Gasteiger partial charge in [0, 0.05) is 24.1 Å². The van der Waals surface area contributed by atoms with Gasteiger partial charge in [-0.1, -0.05) is 19.3 Å². The number of thioether (sulfide) groups is 1. The van der Waals surface area contributed by atoms with Gasteiger partial charge < -0.3 is 10.6 Å². The number of carbonyl (C=O) groups is 1. The van der Waals surface area contributed by atoms with Gasteiger partial charge in [0.05, 0.1) is 16.6 Å². The molecule has 3 saturated carbocycles. The highest BCUT2D eigenvalue weighted by molar-refractivity contribution is 7.99. The average Bonchev–Trinajstić information content (AvgIpc) is 3.48. The van der Waals surface area contributed by atoms with Crippen molar-refractivity contribution >= 4 is 35.1 Å². The van der Waals surface area contributed by atoms with Crippen LogP contribution in [0.3, 0.4) is 0 Å². The molecule has 7 heteroatoms. The highest BCUT2D eigenvalue weighted by Gasteiger charge is 2.46. The van der Waals surface area contributed by atoms with Crippen molar-refractivity contribution in [1.82, 2.24) is 15.3 Å². The predicted molar refractivity (Wildman–Crippen MR) is 122 cm³/mol. The van der Waals surface area contributed by atoms with E-state index in [1.807, 2.05) is 0 Å². The lowest BCUT2D eigenvalue weighted by Gasteiger charge is -2.36. The number of anilines is 1. The predicted octanol–water partition coefficient (Wildman–Crippen LogP) is 5.08. The summed E-state index contributed by atoms with van der Waals surface area (Å²) in [5, 5.41) is 7.50. The van der Waals surface area contributed by atoms with Crippen LogP contribution >= 0.6 is 23.4 Å². The second-order valence-corrected chi connectivity index (χ2v) is 11.2. The number of carbonyl (C=O) groups excluding carboxylic acids is 1. The summed E-state index contributed by atoms with van der Waals surface area (Å²) in [4.78, 5) is 23.4. The van der Waals surface area contributed by atoms with Gasteiger partial charge in [-0.05, 0) is 74.8 Å². The summed E-state index contributed by atoms with van der Waals surface area (Å²) < 4.78 is 0. The van der Waals surface area contributed by atoms with Crippen molar-refractivity contribution in [3.05, 3.63) is 11.0 Å². The fraction of sp³-hybridized carbons (Fsp3) is 0.783. The third-order valence-electron chi connectivity index (χ3n) is 8.00. The number of rotatable bonds is 6. The molecular formula is C23H33ClN4OS. The average molecular weight is 449 g/mol. The standard InChI is InChI=1S/C23H33ClN4OS/c1-13(25-21-20-17(11-12-30-20)26-23(24)28-21)19(16-5-3-2-4-6-16)27-22(29)18-14-7-8-15(18)10-9-14/h13-16,18-19H,2-12H2,1H3,(H,27,29)(H,25,26,28). The topological polar surface area (TPSA) is 66.9 Å². The molecule has 0 radical (unpaired) electrons. The number of nitrogens with zero attached hydrogens (tertiary/aromatic N) is 2. The van der Waals surface area contributed by atoms with E-state index in [0.717, 1.165) is 28.6 Å². The molecule has 4 aliphatic rings. The van der Waals surface area contributed by atoms with E-state index in [1.165, 1.54) is 57.8 Å². The largest absolute Gasteiger partial charge is 0.364 e. The monoisotopic (exact) mass is 448 g/mol. The Morgan fingerprint density at radius 3 is 2.47 bits per heavy atom. The molecular weight excluding hydrogens is 416 g/mol. The lowest BCUT2D eigenvalue weighted by atomic mass is 9.80. The minimum atomic E-state index is 0.104. The Hall–Kier alpha value is -1.01. The second-order valence-electron chi connectivity index (χ2n) is 9.78. The first-order valence-electron chi connectivity index (χ1n) is 11.9. The number of hydrogen-bond donors (Lipinski definition) is 2. The van der Waals surface area contributed by atoms with Crippen LogP contribution in [0.15, 0.2) is 4.90 Å². The summed E-state index contributed by atoms with van der Waals surface area (Å²) in [6.45, 7) is 2.20. The number of aromatic nitrogens is 2. The van der Waals surface area contributed by atoms with Crippen LogP contribution in [-0.4, -0.2) is 33.7 Å². The second kappa shape index (κ2) is 8.85. The number of halogens is 1. The Labute approximate surface area is 188 Å². The van der Waals surface area contributed by atoms with Crippen molar-refractivity contribution < 1.29 is 4.79 Å². The SMILES string of the molecule is CC(Nc1nc(Cl)nc2c1SCC2)C(NC(=O)C1C2CCC1CC2)C1CCCCC1. The van der Waals surface area contributed by atoms with Crippen LogP contribution in [0.4, 0.5) is 5.82 Å². The summed E-state index contributed by atoms with van der Waals surface area (Å²) in [5.41, 5.74) is 1.05. The van der Waals surface area contributed by atoms with E-state index in [9.17, 15) is 4.79 Å². The smallest absolute Gasteiger partial charge is 0.224 e. The van der Waals surface area contributed by atoms with Gasteiger partial charge in [0.15, 0.2) is 0 Å². The van der Waals surface area contributed by atoms with Crippen molar-refractivity contribution in [2.75, 3.05) is 11.1 Å². The Balaban J connectivity index is 1.34. The van der Waals surface area contributed by atoms with Crippen molar-refractivity contribution in [1.29, 1.82) is 0 Å². The van der Waals surface area contributed by atoms with E-state index in [2.05, 4.69) is 27.5 Å². The maximum absolute atomic E-state index is 13.4. The first-order chi connectivity index (χ1) is 14.6. The Morgan fingerprint density at radius 2 is 1.77 bits per heavy atom. The summed E-state index contributed by atoms with van der Waals surface area (Å²) in [6, 6.07) is 0.237. The van der Waals surface area contributed by atoms with Gasteiger partial charge in [0.1, 0.15) is 5.82 Å². The normalized spacial score (nSPS) is 30.1. The molecule has 5 rings (SSSR count). The first kappa shape index (κ1) is 20.9. The van der Waals surface area contributed by atoms with Gasteiger partial charge in [-0.25, -0.2) is 4.98 Å². The fourth-order valence-corrected chi connectivity index (χ4v) is 7.76. The van der Waals surface area contributed by atoms with Crippen LogP contribution in [0.1, 0.15) is 70.4 Å². The summed E-state index contributed by atoms with van der Waals surface area (Å²) in [5.74, 6) is 4.19. The van der Waals surface area contributed by atoms with Crippen molar-refractivity contribution in [2.24, 2.45) is 23.7 Å². The van der Waals surface area contributed by atoms with Gasteiger partial charge in [-0.3, -0.25) is 4.79 Å². The number of hydrogen-bond acceptors (Lipinski definition) is 5. The van der Waals surface area contributed by atoms with Gasteiger partial charge in [0.2, 0.25) is 11.2 Å². The molecule has 5 nitrogen and oxygen atoms in total.